The Morgan fingerprint density at radius 3 is 2.17 bits per heavy atom. The smallest absolute Gasteiger partial charge is 0.381 e. The molecule has 0 aromatic carbocycles. The first-order chi connectivity index (χ1) is 5.34. The Morgan fingerprint density at radius 1 is 1.50 bits per heavy atom. The van der Waals surface area contributed by atoms with Crippen molar-refractivity contribution in [3.63, 3.8) is 0 Å². The number of nitrogen functional groups attached to an aromatic ring is 1. The topological polar surface area (TPSA) is 43.8 Å². The maximum Gasteiger partial charge on any atom is 0.434 e. The Hall–Kier alpha value is -0.470. The van der Waals surface area contributed by atoms with Crippen molar-refractivity contribution in [1.82, 2.24) is 9.78 Å². The third-order valence-corrected chi connectivity index (χ3v) is 2.35. The molecule has 2 N–H and O–H groups in total. The van der Waals surface area contributed by atoms with E-state index in [2.05, 4.69) is 5.10 Å². The maximum absolute atomic E-state index is 12.2. The first kappa shape index (κ1) is 9.62. The summed E-state index contributed by atoms with van der Waals surface area (Å²) in [5, 5.41) is 3.44. The van der Waals surface area contributed by atoms with Crippen LogP contribution >= 0.6 is 22.6 Å². The van der Waals surface area contributed by atoms with Gasteiger partial charge in [0.1, 0.15) is 0 Å². The van der Waals surface area contributed by atoms with E-state index in [1.165, 1.54) is 29.6 Å². The average Bonchev–Trinajstić information content (AvgIpc) is 2.05. The molecule has 0 aliphatic heterocycles. The molecule has 7 heteroatoms. The van der Waals surface area contributed by atoms with Crippen molar-refractivity contribution in [1.29, 1.82) is 0 Å². The lowest BCUT2D eigenvalue weighted by molar-refractivity contribution is -0.144. The van der Waals surface area contributed by atoms with Gasteiger partial charge in [0.15, 0.2) is 11.5 Å². The van der Waals surface area contributed by atoms with Crippen LogP contribution in [0.15, 0.2) is 0 Å². The Morgan fingerprint density at radius 2 is 2.00 bits per heavy atom. The van der Waals surface area contributed by atoms with E-state index in [9.17, 15) is 13.2 Å². The summed E-state index contributed by atoms with van der Waals surface area (Å²) < 4.78 is 37.3. The molecule has 1 aromatic rings. The Balaban J connectivity index is 3.32. The van der Waals surface area contributed by atoms with Gasteiger partial charge in [-0.3, -0.25) is 4.68 Å². The molecule has 0 radical (unpaired) electrons. The second-order valence-electron chi connectivity index (χ2n) is 2.17. The Bertz CT molecular complexity index is 304. The van der Waals surface area contributed by atoms with Gasteiger partial charge in [0.2, 0.25) is 0 Å². The molecule has 12 heavy (non-hydrogen) atoms. The summed E-state index contributed by atoms with van der Waals surface area (Å²) in [7, 11) is 1.21. The van der Waals surface area contributed by atoms with Crippen LogP contribution in [0.5, 0.6) is 0 Å². The van der Waals surface area contributed by atoms with Gasteiger partial charge in [-0.15, -0.1) is 0 Å². The summed E-state index contributed by atoms with van der Waals surface area (Å²) in [5.74, 6) is -0.0922. The molecule has 1 heterocycles. The number of hydrogen-bond acceptors (Lipinski definition) is 2. The van der Waals surface area contributed by atoms with Crippen molar-refractivity contribution in [2.45, 2.75) is 6.18 Å². The fraction of sp³-hybridized carbons (Fsp3) is 0.400. The molecule has 0 aliphatic carbocycles. The number of aromatic nitrogens is 2. The van der Waals surface area contributed by atoms with E-state index in [4.69, 9.17) is 5.73 Å². The lowest BCUT2D eigenvalue weighted by Gasteiger charge is -2.06. The fourth-order valence-electron chi connectivity index (χ4n) is 0.827. The number of rotatable bonds is 0. The Labute approximate surface area is 79.9 Å². The molecule has 0 spiro atoms. The quantitative estimate of drug-likeness (QED) is 0.738. The maximum atomic E-state index is 12.2. The van der Waals surface area contributed by atoms with E-state index in [1.54, 1.807) is 0 Å². The molecule has 1 rings (SSSR count). The van der Waals surface area contributed by atoms with Crippen LogP contribution in [0.25, 0.3) is 0 Å². The number of hydrogen-bond donors (Lipinski definition) is 1. The van der Waals surface area contributed by atoms with E-state index in [1.807, 2.05) is 0 Å². The summed E-state index contributed by atoms with van der Waals surface area (Å²) in [4.78, 5) is 0. The summed E-state index contributed by atoms with van der Waals surface area (Å²) >= 11 is 1.52. The van der Waals surface area contributed by atoms with Crippen molar-refractivity contribution in [3.05, 3.63) is 9.26 Å². The van der Waals surface area contributed by atoms with E-state index in [-0.39, 0.29) is 9.39 Å². The van der Waals surface area contributed by atoms with Crippen LogP contribution in [0.1, 0.15) is 5.69 Å². The summed E-state index contributed by atoms with van der Waals surface area (Å²) in [6.45, 7) is 0. The van der Waals surface area contributed by atoms with E-state index in [0.29, 0.717) is 0 Å². The van der Waals surface area contributed by atoms with Gasteiger partial charge in [0.05, 0.1) is 3.57 Å². The van der Waals surface area contributed by atoms with Crippen LogP contribution in [0.2, 0.25) is 0 Å². The normalized spacial score (nSPS) is 12.1. The van der Waals surface area contributed by atoms with Crippen molar-refractivity contribution in [3.8, 4) is 0 Å². The molecular weight excluding hydrogens is 286 g/mol. The molecular formula is C5H5F3IN3. The number of anilines is 1. The van der Waals surface area contributed by atoms with E-state index >= 15 is 0 Å². The average molecular weight is 291 g/mol. The minimum atomic E-state index is -4.39. The highest BCUT2D eigenvalue weighted by molar-refractivity contribution is 14.1. The lowest BCUT2D eigenvalue weighted by atomic mass is 10.4. The van der Waals surface area contributed by atoms with Gasteiger partial charge in [-0.25, -0.2) is 0 Å². The summed E-state index contributed by atoms with van der Waals surface area (Å²) in [5.41, 5.74) is 4.39. The van der Waals surface area contributed by atoms with Gasteiger partial charge in [-0.05, 0) is 22.6 Å². The molecule has 0 amide bonds. The summed E-state index contributed by atoms with van der Waals surface area (Å²) in [6, 6.07) is 0. The molecule has 0 fully saturated rings. The molecule has 0 unspecified atom stereocenters. The van der Waals surface area contributed by atoms with Crippen LogP contribution in [0, 0.1) is 3.57 Å². The molecule has 0 bridgehead atoms. The van der Waals surface area contributed by atoms with E-state index < -0.39 is 11.9 Å². The molecule has 0 aliphatic rings. The number of aryl methyl sites for hydroxylation is 1. The standard InChI is InChI=1S/C5H5F3IN3/c1-12-3(5(6,7)8)2(9)4(10)11-12/h1H3,(H2,10,11). The van der Waals surface area contributed by atoms with Gasteiger partial charge < -0.3 is 5.73 Å². The third kappa shape index (κ3) is 1.50. The highest BCUT2D eigenvalue weighted by Crippen LogP contribution is 2.34. The van der Waals surface area contributed by atoms with Gasteiger partial charge in [-0.2, -0.15) is 18.3 Å². The molecule has 68 valence electrons. The van der Waals surface area contributed by atoms with Crippen LogP contribution in [0.4, 0.5) is 19.0 Å². The van der Waals surface area contributed by atoms with Crippen LogP contribution < -0.4 is 5.73 Å². The predicted molar refractivity (Wildman–Crippen MR) is 45.3 cm³/mol. The zero-order chi connectivity index (χ0) is 9.52. The highest BCUT2D eigenvalue weighted by Gasteiger charge is 2.38. The minimum absolute atomic E-state index is 0.0531. The molecule has 0 saturated heterocycles. The number of nitrogens with zero attached hydrogens (tertiary/aromatic N) is 2. The minimum Gasteiger partial charge on any atom is -0.381 e. The van der Waals surface area contributed by atoms with Crippen molar-refractivity contribution >= 4 is 28.4 Å². The van der Waals surface area contributed by atoms with Crippen LogP contribution in [-0.2, 0) is 13.2 Å². The van der Waals surface area contributed by atoms with Gasteiger partial charge in [0.25, 0.3) is 0 Å². The van der Waals surface area contributed by atoms with Crippen molar-refractivity contribution in [2.75, 3.05) is 5.73 Å². The third-order valence-electron chi connectivity index (χ3n) is 1.28. The number of nitrogens with two attached hydrogens (primary N) is 1. The highest BCUT2D eigenvalue weighted by atomic mass is 127. The van der Waals surface area contributed by atoms with Crippen LogP contribution in [0.3, 0.4) is 0 Å². The number of halogens is 4. The Kier molecular flexibility index (Phi) is 2.23. The van der Waals surface area contributed by atoms with Gasteiger partial charge in [0, 0.05) is 7.05 Å². The SMILES string of the molecule is Cn1nc(N)c(I)c1C(F)(F)F. The van der Waals surface area contributed by atoms with Gasteiger partial charge in [-0.1, -0.05) is 0 Å². The first-order valence-corrected chi connectivity index (χ1v) is 3.97. The largest absolute Gasteiger partial charge is 0.434 e. The zero-order valence-electron chi connectivity index (χ0n) is 5.98. The molecule has 3 nitrogen and oxygen atoms in total. The molecule has 0 atom stereocenters. The second kappa shape index (κ2) is 2.79. The van der Waals surface area contributed by atoms with E-state index in [0.717, 1.165) is 4.68 Å². The van der Waals surface area contributed by atoms with Crippen molar-refractivity contribution < 1.29 is 13.2 Å². The lowest BCUT2D eigenvalue weighted by Crippen LogP contribution is -2.13. The second-order valence-corrected chi connectivity index (χ2v) is 3.25. The fourth-order valence-corrected chi connectivity index (χ4v) is 1.59. The summed E-state index contributed by atoms with van der Waals surface area (Å²) in [6.07, 6.45) is -4.39. The predicted octanol–water partition coefficient (Wildman–Crippen LogP) is 1.63. The molecule has 1 aromatic heterocycles. The first-order valence-electron chi connectivity index (χ1n) is 2.89. The molecule has 0 saturated carbocycles. The monoisotopic (exact) mass is 291 g/mol. The van der Waals surface area contributed by atoms with Gasteiger partial charge >= 0.3 is 6.18 Å². The number of alkyl halides is 3. The zero-order valence-corrected chi connectivity index (χ0v) is 8.14. The van der Waals surface area contributed by atoms with Crippen molar-refractivity contribution in [2.24, 2.45) is 7.05 Å². The van der Waals surface area contributed by atoms with Crippen LogP contribution in [-0.4, -0.2) is 9.78 Å².